The molecule has 0 rings (SSSR count). The van der Waals surface area contributed by atoms with E-state index in [0.29, 0.717) is 0 Å². The quantitative estimate of drug-likeness (QED) is 0.240. The fraction of sp³-hybridized carbons (Fsp3) is 1.00. The Morgan fingerprint density at radius 3 is 1.43 bits per heavy atom. The Morgan fingerprint density at radius 1 is 1.43 bits per heavy atom. The van der Waals surface area contributed by atoms with E-state index < -0.39 is 0 Å². The van der Waals surface area contributed by atoms with Crippen LogP contribution in [0.25, 0.3) is 0 Å². The maximum absolute atomic E-state index is 7.00. The van der Waals surface area contributed by atoms with E-state index in [-0.39, 0.29) is 66.0 Å². The molecule has 0 aliphatic carbocycles. The molecule has 0 atom stereocenters. The summed E-state index contributed by atoms with van der Waals surface area (Å²) in [5.74, 6) is 0. The molecule has 0 spiro atoms. The van der Waals surface area contributed by atoms with Crippen molar-refractivity contribution in [1.29, 1.82) is 0 Å². The van der Waals surface area contributed by atoms with Crippen LogP contribution in [0.4, 0.5) is 0 Å². The van der Waals surface area contributed by atoms with Crippen molar-refractivity contribution in [3.8, 4) is 0 Å². The standard InChI is InChI=1S/CH4S.BH2O2.K.H2O.H/c1-2;2-1-3;;;/h2H,1H3;2-3H;;1H2;/q;;+1;;-1. The monoisotopic (exact) mass is 151 g/mol. The number of hydrogen-bond donors (Lipinski definition) is 3. The Hall–Kier alpha value is 1.93. The Morgan fingerprint density at radius 2 is 1.43 bits per heavy atom. The molecule has 6 heteroatoms. The van der Waals surface area contributed by atoms with E-state index >= 15 is 0 Å². The van der Waals surface area contributed by atoms with Gasteiger partial charge in [0.05, 0.1) is 0 Å². The molecule has 3 nitrogen and oxygen atoms in total. The smallest absolute Gasteiger partial charge is 1.00 e. The molecule has 41 valence electrons. The maximum Gasteiger partial charge on any atom is 1.00 e. The molecule has 0 heterocycles. The van der Waals surface area contributed by atoms with Crippen molar-refractivity contribution in [2.45, 2.75) is 0 Å². The van der Waals surface area contributed by atoms with E-state index in [1.807, 2.05) is 0 Å². The van der Waals surface area contributed by atoms with Crippen LogP contribution < -0.4 is 51.4 Å². The van der Waals surface area contributed by atoms with E-state index in [9.17, 15) is 0 Å². The number of hydrogen-bond acceptors (Lipinski definition) is 3. The van der Waals surface area contributed by atoms with Gasteiger partial charge in [-0.1, -0.05) is 0 Å². The first kappa shape index (κ1) is 23.1. The molecule has 0 unspecified atom stereocenters. The zero-order valence-corrected chi connectivity index (χ0v) is 8.44. The summed E-state index contributed by atoms with van der Waals surface area (Å²) in [6, 6.07) is 0. The second kappa shape index (κ2) is 44.3. The second-order valence-corrected chi connectivity index (χ2v) is 0.115. The fourth-order valence-corrected chi connectivity index (χ4v) is 0. The minimum absolute atomic E-state index is 0. The molecule has 0 saturated heterocycles. The summed E-state index contributed by atoms with van der Waals surface area (Å²) in [4.78, 5) is 0. The summed E-state index contributed by atoms with van der Waals surface area (Å²) in [5.41, 5.74) is 0. The molecule has 0 amide bonds. The fourth-order valence-electron chi connectivity index (χ4n) is 0. The SMILES string of the molecule is CS.O.O[B]O.[H-].[K+]. The van der Waals surface area contributed by atoms with Crippen molar-refractivity contribution >= 4 is 20.3 Å². The van der Waals surface area contributed by atoms with Gasteiger partial charge in [-0.15, -0.1) is 0 Å². The van der Waals surface area contributed by atoms with Crippen LogP contribution >= 0.6 is 12.6 Å². The molecule has 0 fully saturated rings. The van der Waals surface area contributed by atoms with Crippen molar-refractivity contribution in [1.82, 2.24) is 0 Å². The predicted molar refractivity (Wildman–Crippen MR) is 29.8 cm³/mol. The van der Waals surface area contributed by atoms with Crippen LogP contribution in [-0.4, -0.2) is 29.5 Å². The minimum atomic E-state index is 0. The second-order valence-electron chi connectivity index (χ2n) is 0.115. The minimum Gasteiger partial charge on any atom is -1.00 e. The van der Waals surface area contributed by atoms with Crippen molar-refractivity contribution < 1.29 is 68.3 Å². The van der Waals surface area contributed by atoms with E-state index in [2.05, 4.69) is 12.6 Å². The molecule has 7 heavy (non-hydrogen) atoms. The molecule has 0 saturated carbocycles. The molecular formula is CH9BKO3S. The molecule has 0 aromatic carbocycles. The van der Waals surface area contributed by atoms with E-state index in [1.54, 1.807) is 6.26 Å². The van der Waals surface area contributed by atoms with E-state index in [0.717, 1.165) is 0 Å². The molecule has 0 bridgehead atoms. The van der Waals surface area contributed by atoms with Crippen LogP contribution in [0.15, 0.2) is 0 Å². The Bertz CT molecular complexity index is 19.2. The van der Waals surface area contributed by atoms with Gasteiger partial charge in [0.1, 0.15) is 0 Å². The molecule has 4 N–H and O–H groups in total. The third-order valence-corrected chi connectivity index (χ3v) is 0. The van der Waals surface area contributed by atoms with E-state index in [1.165, 1.54) is 0 Å². The topological polar surface area (TPSA) is 72.0 Å². The zero-order valence-electron chi connectivity index (χ0n) is 5.42. The number of rotatable bonds is 0. The van der Waals surface area contributed by atoms with Gasteiger partial charge in [-0.2, -0.15) is 12.6 Å². The summed E-state index contributed by atoms with van der Waals surface area (Å²) < 4.78 is 0. The van der Waals surface area contributed by atoms with Crippen molar-refractivity contribution in [2.24, 2.45) is 0 Å². The van der Waals surface area contributed by atoms with Gasteiger partial charge in [0.2, 0.25) is 0 Å². The summed E-state index contributed by atoms with van der Waals surface area (Å²) in [5, 5.41) is 14.0. The first-order valence-corrected chi connectivity index (χ1v) is 1.86. The molecule has 0 aliphatic rings. The van der Waals surface area contributed by atoms with Crippen molar-refractivity contribution in [3.05, 3.63) is 0 Å². The van der Waals surface area contributed by atoms with Gasteiger partial charge in [0, 0.05) is 0 Å². The normalized spacial score (nSPS) is 2.86. The molecule has 0 aliphatic heterocycles. The maximum atomic E-state index is 7.00. The molecular weight excluding hydrogens is 142 g/mol. The van der Waals surface area contributed by atoms with Gasteiger partial charge in [-0.25, -0.2) is 0 Å². The molecule has 1 radical (unpaired) electrons. The van der Waals surface area contributed by atoms with Gasteiger partial charge in [0.15, 0.2) is 0 Å². The number of thiol groups is 1. The van der Waals surface area contributed by atoms with Crippen LogP contribution in [-0.2, 0) is 0 Å². The largest absolute Gasteiger partial charge is 1.00 e. The van der Waals surface area contributed by atoms with E-state index in [4.69, 9.17) is 10.0 Å². The Labute approximate surface area is 93.4 Å². The molecule has 0 aromatic rings. The zero-order chi connectivity index (χ0) is 4.71. The van der Waals surface area contributed by atoms with Crippen LogP contribution in [0.5, 0.6) is 0 Å². The van der Waals surface area contributed by atoms with Gasteiger partial charge in [-0.05, 0) is 6.26 Å². The summed E-state index contributed by atoms with van der Waals surface area (Å²) in [7, 11) is 0. The first-order valence-electron chi connectivity index (χ1n) is 0.964. The van der Waals surface area contributed by atoms with Crippen LogP contribution in [0.2, 0.25) is 0 Å². The Balaban J connectivity index is -0.00000000567. The van der Waals surface area contributed by atoms with Gasteiger partial charge >= 0.3 is 59.1 Å². The van der Waals surface area contributed by atoms with Gasteiger partial charge < -0.3 is 17.0 Å². The van der Waals surface area contributed by atoms with Crippen molar-refractivity contribution in [2.75, 3.05) is 6.26 Å². The Kier molecular flexibility index (Phi) is 146. The van der Waals surface area contributed by atoms with Crippen molar-refractivity contribution in [3.63, 3.8) is 0 Å². The van der Waals surface area contributed by atoms with Gasteiger partial charge in [0.25, 0.3) is 0 Å². The third kappa shape index (κ3) is 74.8. The summed E-state index contributed by atoms with van der Waals surface area (Å²) in [6.45, 7) is 0. The average molecular weight is 151 g/mol. The summed E-state index contributed by atoms with van der Waals surface area (Å²) >= 11 is 3.53. The predicted octanol–water partition coefficient (Wildman–Crippen LogP) is -4.66. The first-order chi connectivity index (χ1) is 2.41. The average Bonchev–Trinajstić information content (AvgIpc) is 1.46. The van der Waals surface area contributed by atoms with Gasteiger partial charge in [-0.3, -0.25) is 0 Å². The third-order valence-electron chi connectivity index (χ3n) is 0. The molecule has 0 aromatic heterocycles. The van der Waals surface area contributed by atoms with Crippen LogP contribution in [0.1, 0.15) is 1.43 Å². The summed E-state index contributed by atoms with van der Waals surface area (Å²) in [6.07, 6.45) is 1.69. The van der Waals surface area contributed by atoms with Crippen LogP contribution in [0.3, 0.4) is 0 Å². The van der Waals surface area contributed by atoms with Crippen LogP contribution in [0, 0.1) is 0 Å².